The van der Waals surface area contributed by atoms with E-state index in [1.165, 1.54) is 31.8 Å². The van der Waals surface area contributed by atoms with Crippen LogP contribution in [0.3, 0.4) is 0 Å². The zero-order valence-corrected chi connectivity index (χ0v) is 19.6. The van der Waals surface area contributed by atoms with Crippen molar-refractivity contribution in [3.05, 3.63) is 89.3 Å². The Hall–Kier alpha value is -2.93. The van der Waals surface area contributed by atoms with E-state index in [-0.39, 0.29) is 17.7 Å². The molecule has 2 saturated carbocycles. The van der Waals surface area contributed by atoms with Crippen LogP contribution >= 0.6 is 0 Å². The highest BCUT2D eigenvalue weighted by molar-refractivity contribution is 5.46. The maximum atomic E-state index is 14.9. The molecule has 2 fully saturated rings. The van der Waals surface area contributed by atoms with Crippen LogP contribution in [0.1, 0.15) is 68.1 Å². The summed E-state index contributed by atoms with van der Waals surface area (Å²) in [6.45, 7) is 5.55. The average molecular weight is 465 g/mol. The zero-order chi connectivity index (χ0) is 24.1. The van der Waals surface area contributed by atoms with Gasteiger partial charge in [-0.05, 0) is 98.9 Å². The zero-order valence-electron chi connectivity index (χ0n) is 19.6. The number of rotatable bonds is 5. The van der Waals surface area contributed by atoms with Crippen LogP contribution in [0.2, 0.25) is 0 Å². The molecule has 0 heterocycles. The van der Waals surface area contributed by atoms with E-state index in [2.05, 4.69) is 37.5 Å². The molecule has 0 saturated heterocycles. The van der Waals surface area contributed by atoms with Gasteiger partial charge in [0.25, 0.3) is 0 Å². The van der Waals surface area contributed by atoms with Crippen molar-refractivity contribution in [1.29, 1.82) is 0 Å². The number of benzene rings is 2. The number of fused-ring (bicyclic) bond motifs is 1. The molecule has 2 aromatic rings. The molecular weight excluding hydrogens is 433 g/mol. The van der Waals surface area contributed by atoms with Crippen molar-refractivity contribution in [2.75, 3.05) is 6.61 Å². The highest BCUT2D eigenvalue weighted by Gasteiger charge is 2.35. The van der Waals surface area contributed by atoms with Crippen LogP contribution in [0.25, 0.3) is 0 Å². The minimum absolute atomic E-state index is 0.00442. The van der Waals surface area contributed by atoms with E-state index >= 15 is 0 Å². The van der Waals surface area contributed by atoms with E-state index in [4.69, 9.17) is 4.74 Å². The number of allylic oxidation sites excluding steroid dienone is 2. The quantitative estimate of drug-likeness (QED) is 0.322. The first kappa shape index (κ1) is 24.2. The topological polar surface area (TPSA) is 9.23 Å². The maximum absolute atomic E-state index is 14.9. The largest absolute Gasteiger partial charge is 0.483 e. The van der Waals surface area contributed by atoms with Gasteiger partial charge in [-0.15, -0.1) is 0 Å². The van der Waals surface area contributed by atoms with Gasteiger partial charge in [-0.3, -0.25) is 0 Å². The first-order valence-electron chi connectivity index (χ1n) is 12.2. The average Bonchev–Trinajstić information content (AvgIpc) is 2.82. The third kappa shape index (κ3) is 5.58. The van der Waals surface area contributed by atoms with Crippen molar-refractivity contribution < 1.29 is 17.9 Å². The molecule has 0 aliphatic heterocycles. The van der Waals surface area contributed by atoms with E-state index in [0.29, 0.717) is 5.92 Å². The molecule has 0 bridgehead atoms. The third-order valence-corrected chi connectivity index (χ3v) is 7.27. The van der Waals surface area contributed by atoms with Gasteiger partial charge in [0, 0.05) is 5.56 Å². The third-order valence-electron chi connectivity index (χ3n) is 7.27. The number of ether oxygens (including phenoxy) is 1. The van der Waals surface area contributed by atoms with E-state index in [1.807, 2.05) is 6.07 Å². The molecule has 4 rings (SSSR count). The summed E-state index contributed by atoms with van der Waals surface area (Å²) in [6, 6.07) is 7.40. The fraction of sp³-hybridized carbons (Fsp3) is 0.400. The summed E-state index contributed by atoms with van der Waals surface area (Å²) >= 11 is 0. The van der Waals surface area contributed by atoms with Crippen LogP contribution in [0, 0.1) is 47.0 Å². The van der Waals surface area contributed by atoms with Gasteiger partial charge in [-0.25, -0.2) is 13.2 Å². The van der Waals surface area contributed by atoms with Crippen molar-refractivity contribution in [1.82, 2.24) is 0 Å². The first-order chi connectivity index (χ1) is 16.5. The minimum Gasteiger partial charge on any atom is -0.483 e. The molecule has 4 unspecified atom stereocenters. The van der Waals surface area contributed by atoms with Crippen molar-refractivity contribution in [3.8, 4) is 17.6 Å². The second-order valence-corrected chi connectivity index (χ2v) is 9.49. The second kappa shape index (κ2) is 11.0. The van der Waals surface area contributed by atoms with Crippen molar-refractivity contribution in [2.24, 2.45) is 17.8 Å². The number of hydrogen-bond donors (Lipinski definition) is 0. The van der Waals surface area contributed by atoms with E-state index in [1.54, 1.807) is 12.1 Å². The van der Waals surface area contributed by atoms with Gasteiger partial charge in [0.2, 0.25) is 0 Å². The van der Waals surface area contributed by atoms with E-state index < -0.39 is 23.2 Å². The molecule has 2 aliphatic rings. The number of halogens is 3. The summed E-state index contributed by atoms with van der Waals surface area (Å²) in [5.74, 6) is 5.43. The molecular formula is C30H31F3O. The van der Waals surface area contributed by atoms with Gasteiger partial charge in [0.15, 0.2) is 17.4 Å². The molecule has 0 radical (unpaired) electrons. The van der Waals surface area contributed by atoms with Crippen LogP contribution < -0.4 is 4.74 Å². The highest BCUT2D eigenvalue weighted by Crippen LogP contribution is 2.47. The Bertz CT molecular complexity index is 1100. The van der Waals surface area contributed by atoms with Gasteiger partial charge in [0.05, 0.1) is 5.56 Å². The summed E-state index contributed by atoms with van der Waals surface area (Å²) in [7, 11) is 0. The first-order valence-corrected chi connectivity index (χ1v) is 12.2. The Morgan fingerprint density at radius 1 is 0.941 bits per heavy atom. The lowest BCUT2D eigenvalue weighted by molar-refractivity contribution is 0.133. The van der Waals surface area contributed by atoms with Gasteiger partial charge in [-0.1, -0.05) is 42.7 Å². The molecule has 178 valence electrons. The lowest BCUT2D eigenvalue weighted by Gasteiger charge is -2.41. The van der Waals surface area contributed by atoms with Crippen LogP contribution in [0.15, 0.2) is 55.1 Å². The predicted octanol–water partition coefficient (Wildman–Crippen LogP) is 7.94. The van der Waals surface area contributed by atoms with Gasteiger partial charge in [-0.2, -0.15) is 0 Å². The predicted molar refractivity (Wildman–Crippen MR) is 130 cm³/mol. The van der Waals surface area contributed by atoms with Crippen LogP contribution in [-0.2, 0) is 0 Å². The van der Waals surface area contributed by atoms with Gasteiger partial charge < -0.3 is 4.74 Å². The van der Waals surface area contributed by atoms with E-state index in [9.17, 15) is 13.2 Å². The molecule has 0 spiro atoms. The molecule has 0 amide bonds. The lowest BCUT2D eigenvalue weighted by Crippen LogP contribution is -2.30. The molecule has 4 atom stereocenters. The summed E-state index contributed by atoms with van der Waals surface area (Å²) in [6.07, 6.45) is 13.1. The molecule has 0 N–H and O–H groups in total. The summed E-state index contributed by atoms with van der Waals surface area (Å²) in [4.78, 5) is 0. The molecule has 2 aromatic carbocycles. The Morgan fingerprint density at radius 2 is 1.68 bits per heavy atom. The van der Waals surface area contributed by atoms with E-state index in [0.717, 1.165) is 48.3 Å². The number of hydrogen-bond acceptors (Lipinski definition) is 1. The lowest BCUT2D eigenvalue weighted by atomic mass is 9.64. The van der Waals surface area contributed by atoms with Crippen molar-refractivity contribution >= 4 is 0 Å². The van der Waals surface area contributed by atoms with Crippen molar-refractivity contribution in [3.63, 3.8) is 0 Å². The molecule has 4 heteroatoms. The molecule has 34 heavy (non-hydrogen) atoms. The minimum atomic E-state index is -0.850. The Morgan fingerprint density at radius 3 is 2.38 bits per heavy atom. The fourth-order valence-corrected chi connectivity index (χ4v) is 5.61. The summed E-state index contributed by atoms with van der Waals surface area (Å²) < 4.78 is 48.1. The smallest absolute Gasteiger partial charge is 0.191 e. The summed E-state index contributed by atoms with van der Waals surface area (Å²) in [5.41, 5.74) is 1.37. The monoisotopic (exact) mass is 464 g/mol. The Kier molecular flexibility index (Phi) is 7.83. The normalized spacial score (nSPS) is 24.2. The SMILES string of the molecule is C=CCOc1c(F)cc(C#Cc2ccc(C3CCC4CC(/C=C/C)CCC4C3)cc2F)cc1F. The second-order valence-electron chi connectivity index (χ2n) is 9.49. The standard InChI is InChI=1S/C30H31F3O/c1-3-5-20-6-9-24-18-25(13-12-23(24)15-20)26-11-10-22(27(31)19-26)8-7-21-16-28(32)30(29(33)17-21)34-14-4-2/h3-5,10-11,16-17,19-20,23-25H,2,6,9,12-15,18H2,1H3/b5-3+. The molecule has 1 nitrogen and oxygen atoms in total. The van der Waals surface area contributed by atoms with Gasteiger partial charge >= 0.3 is 0 Å². The van der Waals surface area contributed by atoms with Crippen molar-refractivity contribution in [2.45, 2.75) is 51.4 Å². The van der Waals surface area contributed by atoms with Gasteiger partial charge in [0.1, 0.15) is 12.4 Å². The Balaban J connectivity index is 1.44. The Labute approximate surface area is 200 Å². The maximum Gasteiger partial charge on any atom is 0.191 e. The van der Waals surface area contributed by atoms with Crippen LogP contribution in [0.5, 0.6) is 5.75 Å². The highest BCUT2D eigenvalue weighted by atomic mass is 19.1. The fourth-order valence-electron chi connectivity index (χ4n) is 5.61. The van der Waals surface area contributed by atoms with Crippen LogP contribution in [-0.4, -0.2) is 6.61 Å². The van der Waals surface area contributed by atoms with Crippen LogP contribution in [0.4, 0.5) is 13.2 Å². The molecule has 0 aromatic heterocycles. The molecule has 2 aliphatic carbocycles. The summed E-state index contributed by atoms with van der Waals surface area (Å²) in [5, 5.41) is 0.